The van der Waals surface area contributed by atoms with Crippen LogP contribution < -0.4 is 9.47 Å². The average molecular weight is 555 g/mol. The maximum atomic E-state index is 13.7. The highest BCUT2D eigenvalue weighted by atomic mass is 32.2. The van der Waals surface area contributed by atoms with E-state index in [0.717, 1.165) is 17.7 Å². The number of nitrogens with zero attached hydrogens (tertiary/aromatic N) is 2. The minimum Gasteiger partial charge on any atom is -0.483 e. The van der Waals surface area contributed by atoms with Gasteiger partial charge in [0.25, 0.3) is 0 Å². The first-order valence-electron chi connectivity index (χ1n) is 13.4. The van der Waals surface area contributed by atoms with Gasteiger partial charge in [0.15, 0.2) is 11.5 Å². The van der Waals surface area contributed by atoms with Gasteiger partial charge in [-0.3, -0.25) is 14.5 Å². The molecule has 1 saturated carbocycles. The van der Waals surface area contributed by atoms with Crippen LogP contribution in [-0.4, -0.2) is 74.0 Å². The Bertz CT molecular complexity index is 1450. The van der Waals surface area contributed by atoms with E-state index in [-0.39, 0.29) is 17.8 Å². The number of piperidine rings is 1. The zero-order valence-corrected chi connectivity index (χ0v) is 23.5. The van der Waals surface area contributed by atoms with Crippen molar-refractivity contribution in [1.29, 1.82) is 0 Å². The van der Waals surface area contributed by atoms with Crippen LogP contribution in [-0.2, 0) is 41.9 Å². The molecule has 1 spiro atoms. The summed E-state index contributed by atoms with van der Waals surface area (Å²) in [5, 5.41) is 0. The van der Waals surface area contributed by atoms with Crippen molar-refractivity contribution >= 4 is 22.0 Å². The number of carbonyl (C=O) groups is 2. The fourth-order valence-corrected chi connectivity index (χ4v) is 9.30. The van der Waals surface area contributed by atoms with Crippen LogP contribution in [0.1, 0.15) is 49.8 Å². The first kappa shape index (κ1) is 26.3. The van der Waals surface area contributed by atoms with Crippen molar-refractivity contribution in [3.05, 3.63) is 59.2 Å². The SMILES string of the molecule is CC(=O)Oc1ccc2c3c1O[C@H]1[C@@H](N(C)S(=O)(=O)Cc4ccccc4)CC[C@@]4(OC(C)=O)[C@@H](C2)N(C)CC[C@]314. The summed E-state index contributed by atoms with van der Waals surface area (Å²) < 4.78 is 47.6. The van der Waals surface area contributed by atoms with E-state index in [2.05, 4.69) is 11.9 Å². The number of likely N-dealkylation sites (tertiary alicyclic amines) is 1. The molecule has 0 amide bonds. The second kappa shape index (κ2) is 9.04. The van der Waals surface area contributed by atoms with Gasteiger partial charge in [-0.05, 0) is 56.5 Å². The topological polar surface area (TPSA) is 102 Å². The molecule has 2 aliphatic carbocycles. The molecule has 2 fully saturated rings. The number of likely N-dealkylation sites (N-methyl/N-ethyl adjacent to an activating group) is 2. The first-order chi connectivity index (χ1) is 18.5. The third-order valence-corrected chi connectivity index (χ3v) is 11.2. The first-order valence-corrected chi connectivity index (χ1v) is 15.0. The number of hydrogen-bond donors (Lipinski definition) is 0. The van der Waals surface area contributed by atoms with Crippen LogP contribution in [0, 0.1) is 0 Å². The second-order valence-corrected chi connectivity index (χ2v) is 13.4. The lowest BCUT2D eigenvalue weighted by atomic mass is 9.48. The molecule has 10 heteroatoms. The lowest BCUT2D eigenvalue weighted by molar-refractivity contribution is -0.218. The number of esters is 2. The summed E-state index contributed by atoms with van der Waals surface area (Å²) in [6.07, 6.45) is 1.60. The molecule has 0 unspecified atom stereocenters. The van der Waals surface area contributed by atoms with Crippen molar-refractivity contribution in [2.75, 3.05) is 20.6 Å². The van der Waals surface area contributed by atoms with Crippen LogP contribution in [0.15, 0.2) is 42.5 Å². The molecule has 2 heterocycles. The number of ether oxygens (including phenoxy) is 3. The van der Waals surface area contributed by atoms with Gasteiger partial charge in [0, 0.05) is 26.5 Å². The Kier molecular flexibility index (Phi) is 6.09. The highest BCUT2D eigenvalue weighted by Gasteiger charge is 2.75. The van der Waals surface area contributed by atoms with Gasteiger partial charge in [0.2, 0.25) is 10.0 Å². The molecule has 0 aromatic heterocycles. The van der Waals surface area contributed by atoms with E-state index in [4.69, 9.17) is 14.2 Å². The van der Waals surface area contributed by atoms with E-state index in [1.807, 2.05) is 24.3 Å². The molecule has 4 aliphatic rings. The fourth-order valence-electron chi connectivity index (χ4n) is 7.85. The van der Waals surface area contributed by atoms with Gasteiger partial charge in [-0.25, -0.2) is 8.42 Å². The smallest absolute Gasteiger partial charge is 0.308 e. The molecule has 1 saturated heterocycles. The zero-order valence-electron chi connectivity index (χ0n) is 22.7. The minimum absolute atomic E-state index is 0.0912. The van der Waals surface area contributed by atoms with Crippen molar-refractivity contribution < 1.29 is 32.2 Å². The molecule has 0 radical (unpaired) electrons. The predicted octanol–water partition coefficient (Wildman–Crippen LogP) is 2.80. The van der Waals surface area contributed by atoms with Crippen molar-refractivity contribution in [3.63, 3.8) is 0 Å². The highest BCUT2D eigenvalue weighted by Crippen LogP contribution is 2.67. The molecule has 0 N–H and O–H groups in total. The van der Waals surface area contributed by atoms with E-state index < -0.39 is 39.2 Å². The number of benzene rings is 2. The van der Waals surface area contributed by atoms with Gasteiger partial charge >= 0.3 is 11.9 Å². The van der Waals surface area contributed by atoms with E-state index in [1.54, 1.807) is 25.2 Å². The Morgan fingerprint density at radius 1 is 1.10 bits per heavy atom. The molecule has 2 bridgehead atoms. The van der Waals surface area contributed by atoms with E-state index >= 15 is 0 Å². The summed E-state index contributed by atoms with van der Waals surface area (Å²) >= 11 is 0. The third kappa shape index (κ3) is 3.75. The summed E-state index contributed by atoms with van der Waals surface area (Å²) in [7, 11) is -0.0422. The Morgan fingerprint density at radius 2 is 1.85 bits per heavy atom. The molecule has 9 nitrogen and oxygen atoms in total. The largest absolute Gasteiger partial charge is 0.483 e. The quantitative estimate of drug-likeness (QED) is 0.397. The predicted molar refractivity (Wildman–Crippen MR) is 143 cm³/mol. The molecule has 2 aromatic rings. The normalized spacial score (nSPS) is 30.8. The Hall–Kier alpha value is -2.95. The molecule has 208 valence electrons. The van der Waals surface area contributed by atoms with Gasteiger partial charge in [0.05, 0.1) is 23.3 Å². The van der Waals surface area contributed by atoms with Crippen LogP contribution in [0.5, 0.6) is 11.5 Å². The Morgan fingerprint density at radius 3 is 2.54 bits per heavy atom. The van der Waals surface area contributed by atoms with E-state index in [0.29, 0.717) is 42.7 Å². The standard InChI is InChI=1S/C29H34N2O7S/c1-18(32)36-23-11-10-21-16-24-29(38-19(2)33)13-12-22(31(4)39(34,35)17-20-8-6-5-7-9-20)27-28(29,14-15-30(24)3)25(21)26(23)37-27/h5-11,22,24,27H,12-17H2,1-4H3/t22-,24+,27-,28-,29+/m0/s1. The molecular weight excluding hydrogens is 520 g/mol. The third-order valence-electron chi connectivity index (χ3n) is 9.32. The van der Waals surface area contributed by atoms with Gasteiger partial charge < -0.3 is 14.2 Å². The molecule has 2 aromatic carbocycles. The fraction of sp³-hybridized carbons (Fsp3) is 0.517. The van der Waals surface area contributed by atoms with E-state index in [1.165, 1.54) is 18.2 Å². The van der Waals surface area contributed by atoms with Crippen molar-refractivity contribution in [2.24, 2.45) is 0 Å². The summed E-state index contributed by atoms with van der Waals surface area (Å²) in [6, 6.07) is 12.2. The van der Waals surface area contributed by atoms with Crippen LogP contribution in [0.25, 0.3) is 0 Å². The van der Waals surface area contributed by atoms with Crippen molar-refractivity contribution in [3.8, 4) is 11.5 Å². The summed E-state index contributed by atoms with van der Waals surface area (Å²) in [6.45, 7) is 3.51. The van der Waals surface area contributed by atoms with E-state index in [9.17, 15) is 18.0 Å². The molecular formula is C29H34N2O7S. The number of carbonyl (C=O) groups excluding carboxylic acids is 2. The summed E-state index contributed by atoms with van der Waals surface area (Å²) in [4.78, 5) is 26.9. The number of hydrogen-bond acceptors (Lipinski definition) is 8. The molecule has 5 atom stereocenters. The minimum atomic E-state index is -3.71. The van der Waals surface area contributed by atoms with Gasteiger partial charge in [-0.1, -0.05) is 36.4 Å². The lowest BCUT2D eigenvalue weighted by Gasteiger charge is -2.65. The molecule has 39 heavy (non-hydrogen) atoms. The van der Waals surface area contributed by atoms with Crippen molar-refractivity contribution in [2.45, 2.75) is 74.5 Å². The van der Waals surface area contributed by atoms with Crippen LogP contribution in [0.3, 0.4) is 0 Å². The monoisotopic (exact) mass is 554 g/mol. The number of sulfonamides is 1. The molecule has 2 aliphatic heterocycles. The van der Waals surface area contributed by atoms with Crippen LogP contribution in [0.2, 0.25) is 0 Å². The van der Waals surface area contributed by atoms with Crippen molar-refractivity contribution in [1.82, 2.24) is 9.21 Å². The lowest BCUT2D eigenvalue weighted by Crippen LogP contribution is -2.78. The van der Waals surface area contributed by atoms with Gasteiger partial charge in [0.1, 0.15) is 11.7 Å². The summed E-state index contributed by atoms with van der Waals surface area (Å²) in [5.41, 5.74) is 0.978. The maximum Gasteiger partial charge on any atom is 0.308 e. The number of rotatable bonds is 6. The molecule has 6 rings (SSSR count). The Balaban J connectivity index is 1.51. The highest BCUT2D eigenvalue weighted by molar-refractivity contribution is 7.88. The average Bonchev–Trinajstić information content (AvgIpc) is 3.22. The Labute approximate surface area is 229 Å². The maximum absolute atomic E-state index is 13.7. The van der Waals surface area contributed by atoms with Crippen LogP contribution in [0.4, 0.5) is 0 Å². The second-order valence-electron chi connectivity index (χ2n) is 11.3. The van der Waals surface area contributed by atoms with Gasteiger partial charge in [-0.2, -0.15) is 4.31 Å². The van der Waals surface area contributed by atoms with Gasteiger partial charge in [-0.15, -0.1) is 0 Å². The summed E-state index contributed by atoms with van der Waals surface area (Å²) in [5.74, 6) is -0.187. The van der Waals surface area contributed by atoms with Crippen LogP contribution >= 0.6 is 0 Å². The zero-order chi connectivity index (χ0) is 27.7.